The van der Waals surface area contributed by atoms with Gasteiger partial charge in [0.25, 0.3) is 0 Å². The molecule has 164 valence electrons. The highest BCUT2D eigenvalue weighted by molar-refractivity contribution is 6.06. The molecular weight excluding hydrogens is 407 g/mol. The van der Waals surface area contributed by atoms with Gasteiger partial charge in [-0.3, -0.25) is 14.5 Å². The number of aromatic nitrogens is 4. The van der Waals surface area contributed by atoms with E-state index in [0.717, 1.165) is 35.9 Å². The number of aryl methyl sites for hydroxylation is 1. The van der Waals surface area contributed by atoms with Crippen molar-refractivity contribution in [2.45, 2.75) is 38.3 Å². The maximum atomic E-state index is 15.0. The molecule has 0 amide bonds. The summed E-state index contributed by atoms with van der Waals surface area (Å²) in [6.45, 7) is 0.292. The number of Topliss-reactive ketones (excluding diaryl/α,β-unsaturated/α-hetero) is 1. The standard InChI is InChI=1S/C25H25FN4O2/c1-29-13-19(12-28-29)16-7-8-18(21(26)10-16)14-30-15-20(25-22(30)5-3-9-27-25)24(32)11-17-4-2-6-23(17)31/h3,5,7-10,12-13,15,17,23,31H,2,4,6,11,14H2,1H3/t17-,23+/m1/s1. The Kier molecular flexibility index (Phi) is 5.35. The predicted octanol–water partition coefficient (Wildman–Crippen LogP) is 4.36. The first kappa shape index (κ1) is 20.6. The summed E-state index contributed by atoms with van der Waals surface area (Å²) in [4.78, 5) is 17.5. The van der Waals surface area contributed by atoms with Gasteiger partial charge in [-0.05, 0) is 42.5 Å². The van der Waals surface area contributed by atoms with E-state index in [4.69, 9.17) is 0 Å². The highest BCUT2D eigenvalue weighted by atomic mass is 19.1. The Bertz CT molecular complexity index is 1290. The number of benzene rings is 1. The molecule has 1 aromatic carbocycles. The molecule has 1 saturated carbocycles. The number of hydrogen-bond donors (Lipinski definition) is 1. The van der Waals surface area contributed by atoms with E-state index in [-0.39, 0.29) is 17.5 Å². The fourth-order valence-electron chi connectivity index (χ4n) is 4.67. The molecule has 2 atom stereocenters. The molecule has 0 radical (unpaired) electrons. The SMILES string of the molecule is Cn1cc(-c2ccc(Cn3cc(C(=O)C[C@H]4CCC[C@@H]4O)c4ncccc43)c(F)c2)cn1. The highest BCUT2D eigenvalue weighted by Crippen LogP contribution is 2.31. The van der Waals surface area contributed by atoms with Crippen molar-refractivity contribution in [2.75, 3.05) is 0 Å². The Labute approximate surface area is 185 Å². The van der Waals surface area contributed by atoms with Crippen LogP contribution in [0.25, 0.3) is 22.2 Å². The number of nitrogens with zero attached hydrogens (tertiary/aromatic N) is 4. The molecule has 0 bridgehead atoms. The van der Waals surface area contributed by atoms with Gasteiger partial charge in [0, 0.05) is 43.2 Å². The molecular formula is C25H25FN4O2. The number of aliphatic hydroxyl groups excluding tert-OH is 1. The zero-order valence-electron chi connectivity index (χ0n) is 17.9. The lowest BCUT2D eigenvalue weighted by molar-refractivity contribution is 0.0869. The number of carbonyl (C=O) groups is 1. The van der Waals surface area contributed by atoms with Crippen molar-refractivity contribution in [3.8, 4) is 11.1 Å². The van der Waals surface area contributed by atoms with E-state index in [0.29, 0.717) is 29.6 Å². The van der Waals surface area contributed by atoms with Gasteiger partial charge in [-0.25, -0.2) is 4.39 Å². The summed E-state index contributed by atoms with van der Waals surface area (Å²) in [5, 5.41) is 14.3. The van der Waals surface area contributed by atoms with Crippen molar-refractivity contribution in [1.82, 2.24) is 19.3 Å². The zero-order valence-corrected chi connectivity index (χ0v) is 17.9. The lowest BCUT2D eigenvalue weighted by Gasteiger charge is -2.12. The average Bonchev–Trinajstić information content (AvgIpc) is 3.49. The van der Waals surface area contributed by atoms with Crippen LogP contribution >= 0.6 is 0 Å². The number of pyridine rings is 1. The van der Waals surface area contributed by atoms with Crippen LogP contribution in [-0.4, -0.2) is 36.3 Å². The van der Waals surface area contributed by atoms with Crippen LogP contribution in [0.3, 0.4) is 0 Å². The van der Waals surface area contributed by atoms with Crippen molar-refractivity contribution in [1.29, 1.82) is 0 Å². The maximum Gasteiger partial charge on any atom is 0.166 e. The second-order valence-electron chi connectivity index (χ2n) is 8.64. The van der Waals surface area contributed by atoms with E-state index in [1.165, 1.54) is 6.07 Å². The second-order valence-corrected chi connectivity index (χ2v) is 8.64. The molecule has 1 fully saturated rings. The number of carbonyl (C=O) groups excluding carboxylic acids is 1. The molecule has 1 aliphatic carbocycles. The number of hydrogen-bond acceptors (Lipinski definition) is 4. The van der Waals surface area contributed by atoms with Gasteiger partial charge in [0.05, 0.1) is 35.4 Å². The van der Waals surface area contributed by atoms with E-state index in [1.807, 2.05) is 36.0 Å². The summed E-state index contributed by atoms with van der Waals surface area (Å²) < 4.78 is 18.5. The van der Waals surface area contributed by atoms with Gasteiger partial charge < -0.3 is 9.67 Å². The Morgan fingerprint density at radius 2 is 2.09 bits per heavy atom. The fraction of sp³-hybridized carbons (Fsp3) is 0.320. The Balaban J connectivity index is 1.44. The van der Waals surface area contributed by atoms with Crippen molar-refractivity contribution in [3.63, 3.8) is 0 Å². The van der Waals surface area contributed by atoms with Crippen LogP contribution < -0.4 is 0 Å². The van der Waals surface area contributed by atoms with Crippen LogP contribution in [-0.2, 0) is 13.6 Å². The molecule has 3 aromatic heterocycles. The van der Waals surface area contributed by atoms with Crippen LogP contribution in [0.15, 0.2) is 55.1 Å². The number of rotatable bonds is 6. The van der Waals surface area contributed by atoms with Crippen LogP contribution in [0.4, 0.5) is 4.39 Å². The van der Waals surface area contributed by atoms with Crippen molar-refractivity contribution in [3.05, 3.63) is 72.1 Å². The number of ketones is 1. The van der Waals surface area contributed by atoms with Gasteiger partial charge in [-0.2, -0.15) is 5.10 Å². The highest BCUT2D eigenvalue weighted by Gasteiger charge is 2.29. The van der Waals surface area contributed by atoms with Crippen molar-refractivity contribution >= 4 is 16.8 Å². The summed E-state index contributed by atoms with van der Waals surface area (Å²) in [7, 11) is 1.83. The van der Waals surface area contributed by atoms with E-state index >= 15 is 0 Å². The van der Waals surface area contributed by atoms with Gasteiger partial charge in [0.2, 0.25) is 0 Å². The smallest absolute Gasteiger partial charge is 0.166 e. The minimum Gasteiger partial charge on any atom is -0.393 e. The summed E-state index contributed by atoms with van der Waals surface area (Å²) in [6.07, 6.45) is 9.47. The van der Waals surface area contributed by atoms with E-state index in [1.54, 1.807) is 29.3 Å². The third-order valence-electron chi connectivity index (χ3n) is 6.43. The molecule has 0 saturated heterocycles. The van der Waals surface area contributed by atoms with E-state index in [2.05, 4.69) is 10.1 Å². The second kappa shape index (κ2) is 8.31. The van der Waals surface area contributed by atoms with Crippen molar-refractivity contribution < 1.29 is 14.3 Å². The molecule has 6 nitrogen and oxygen atoms in total. The molecule has 3 heterocycles. The normalized spacial score (nSPS) is 18.5. The first-order chi connectivity index (χ1) is 15.5. The Morgan fingerprint density at radius 3 is 2.81 bits per heavy atom. The number of fused-ring (bicyclic) bond motifs is 1. The summed E-state index contributed by atoms with van der Waals surface area (Å²) in [5.41, 5.74) is 4.10. The van der Waals surface area contributed by atoms with Crippen LogP contribution in [0.1, 0.15) is 41.6 Å². The zero-order chi connectivity index (χ0) is 22.2. The van der Waals surface area contributed by atoms with Crippen LogP contribution in [0, 0.1) is 11.7 Å². The molecule has 4 aromatic rings. The van der Waals surface area contributed by atoms with Gasteiger partial charge in [-0.1, -0.05) is 18.6 Å². The van der Waals surface area contributed by atoms with Gasteiger partial charge >= 0.3 is 0 Å². The third kappa shape index (κ3) is 3.84. The minimum atomic E-state index is -0.410. The summed E-state index contributed by atoms with van der Waals surface area (Å²) >= 11 is 0. The van der Waals surface area contributed by atoms with E-state index in [9.17, 15) is 14.3 Å². The van der Waals surface area contributed by atoms with Gasteiger partial charge in [0.15, 0.2) is 5.78 Å². The summed E-state index contributed by atoms with van der Waals surface area (Å²) in [6, 6.07) is 8.88. The molecule has 0 aliphatic heterocycles. The van der Waals surface area contributed by atoms with Crippen LogP contribution in [0.2, 0.25) is 0 Å². The molecule has 5 rings (SSSR count). The Morgan fingerprint density at radius 1 is 1.22 bits per heavy atom. The van der Waals surface area contributed by atoms with Gasteiger partial charge in [-0.15, -0.1) is 0 Å². The van der Waals surface area contributed by atoms with Crippen LogP contribution in [0.5, 0.6) is 0 Å². The summed E-state index contributed by atoms with van der Waals surface area (Å²) in [5.74, 6) is -0.327. The number of aliphatic hydroxyl groups is 1. The third-order valence-corrected chi connectivity index (χ3v) is 6.43. The molecule has 0 unspecified atom stereocenters. The monoisotopic (exact) mass is 432 g/mol. The quantitative estimate of drug-likeness (QED) is 0.460. The Hall–Kier alpha value is -3.32. The fourth-order valence-corrected chi connectivity index (χ4v) is 4.67. The lowest BCUT2D eigenvalue weighted by Crippen LogP contribution is -2.17. The largest absolute Gasteiger partial charge is 0.393 e. The molecule has 32 heavy (non-hydrogen) atoms. The average molecular weight is 432 g/mol. The first-order valence-corrected chi connectivity index (χ1v) is 10.9. The molecule has 0 spiro atoms. The first-order valence-electron chi connectivity index (χ1n) is 10.9. The molecule has 7 heteroatoms. The van der Waals surface area contributed by atoms with Gasteiger partial charge in [0.1, 0.15) is 5.82 Å². The number of halogens is 1. The lowest BCUT2D eigenvalue weighted by atomic mass is 9.96. The molecule has 1 N–H and O–H groups in total. The maximum absolute atomic E-state index is 15.0. The molecule has 1 aliphatic rings. The van der Waals surface area contributed by atoms with Crippen molar-refractivity contribution in [2.24, 2.45) is 13.0 Å². The predicted molar refractivity (Wildman–Crippen MR) is 120 cm³/mol. The topological polar surface area (TPSA) is 72.9 Å². The van der Waals surface area contributed by atoms with E-state index < -0.39 is 6.10 Å². The minimum absolute atomic E-state index is 0.00192.